The fraction of sp³-hybridized carbons (Fsp3) is 0.692. The van der Waals surface area contributed by atoms with Crippen LogP contribution in [0.25, 0.3) is 0 Å². The molecule has 6 nitrogen and oxygen atoms in total. The van der Waals surface area contributed by atoms with Gasteiger partial charge in [0.1, 0.15) is 0 Å². The predicted octanol–water partition coefficient (Wildman–Crippen LogP) is 0.495. The molecule has 0 bridgehead atoms. The Kier molecular flexibility index (Phi) is 4.93. The van der Waals surface area contributed by atoms with E-state index < -0.39 is 5.97 Å². The zero-order valence-corrected chi connectivity index (χ0v) is 11.5. The van der Waals surface area contributed by atoms with E-state index in [2.05, 4.69) is 27.7 Å². The fourth-order valence-electron chi connectivity index (χ4n) is 2.43. The number of rotatable bonds is 6. The second-order valence-electron chi connectivity index (χ2n) is 4.99. The van der Waals surface area contributed by atoms with E-state index in [1.807, 2.05) is 11.1 Å². The van der Waals surface area contributed by atoms with Crippen LogP contribution in [-0.2, 0) is 17.9 Å². The van der Waals surface area contributed by atoms with Gasteiger partial charge in [-0.25, -0.2) is 0 Å². The summed E-state index contributed by atoms with van der Waals surface area (Å²) in [5, 5.41) is 13.1. The van der Waals surface area contributed by atoms with Gasteiger partial charge in [-0.05, 0) is 12.5 Å². The minimum Gasteiger partial charge on any atom is -0.480 e. The molecule has 0 radical (unpaired) electrons. The molecule has 106 valence electrons. The SMILES string of the molecule is CCCn1nccc1CN1CCN(CC(=O)O)CC1. The number of hydrogen-bond acceptors (Lipinski definition) is 4. The first-order valence-electron chi connectivity index (χ1n) is 6.86. The summed E-state index contributed by atoms with van der Waals surface area (Å²) in [4.78, 5) is 15.0. The number of piperazine rings is 1. The molecule has 1 N–H and O–H groups in total. The first kappa shape index (κ1) is 14.0. The van der Waals surface area contributed by atoms with Gasteiger partial charge in [-0.2, -0.15) is 5.10 Å². The summed E-state index contributed by atoms with van der Waals surface area (Å²) in [6.07, 6.45) is 2.94. The van der Waals surface area contributed by atoms with Gasteiger partial charge in [0, 0.05) is 45.5 Å². The lowest BCUT2D eigenvalue weighted by atomic mass is 10.3. The molecule has 0 aliphatic carbocycles. The molecule has 1 aliphatic heterocycles. The van der Waals surface area contributed by atoms with Crippen molar-refractivity contribution in [1.82, 2.24) is 19.6 Å². The van der Waals surface area contributed by atoms with Gasteiger partial charge in [0.25, 0.3) is 0 Å². The lowest BCUT2D eigenvalue weighted by Crippen LogP contribution is -2.47. The van der Waals surface area contributed by atoms with Crippen molar-refractivity contribution >= 4 is 5.97 Å². The summed E-state index contributed by atoms with van der Waals surface area (Å²) in [5.41, 5.74) is 1.24. The van der Waals surface area contributed by atoms with Gasteiger partial charge in [0.05, 0.1) is 12.2 Å². The molecule has 0 spiro atoms. The van der Waals surface area contributed by atoms with E-state index in [1.165, 1.54) is 5.69 Å². The molecule has 0 unspecified atom stereocenters. The number of hydrogen-bond donors (Lipinski definition) is 1. The quantitative estimate of drug-likeness (QED) is 0.812. The van der Waals surface area contributed by atoms with Gasteiger partial charge in [-0.3, -0.25) is 19.3 Å². The molecule has 0 amide bonds. The Morgan fingerprint density at radius 3 is 2.63 bits per heavy atom. The Balaban J connectivity index is 1.82. The van der Waals surface area contributed by atoms with Crippen molar-refractivity contribution in [3.63, 3.8) is 0 Å². The van der Waals surface area contributed by atoms with Crippen LogP contribution >= 0.6 is 0 Å². The lowest BCUT2D eigenvalue weighted by Gasteiger charge is -2.33. The van der Waals surface area contributed by atoms with Crippen LogP contribution in [0.2, 0.25) is 0 Å². The molecule has 0 aromatic carbocycles. The molecule has 0 saturated carbocycles. The van der Waals surface area contributed by atoms with E-state index in [1.54, 1.807) is 0 Å². The first-order chi connectivity index (χ1) is 9.19. The summed E-state index contributed by atoms with van der Waals surface area (Å²) in [6.45, 7) is 7.66. The van der Waals surface area contributed by atoms with Crippen LogP contribution in [0.1, 0.15) is 19.0 Å². The maximum Gasteiger partial charge on any atom is 0.317 e. The lowest BCUT2D eigenvalue weighted by molar-refractivity contribution is -0.138. The molecule has 1 aliphatic rings. The zero-order chi connectivity index (χ0) is 13.7. The van der Waals surface area contributed by atoms with Gasteiger partial charge in [0.2, 0.25) is 0 Å². The number of aromatic nitrogens is 2. The molecule has 19 heavy (non-hydrogen) atoms. The Labute approximate surface area is 113 Å². The van der Waals surface area contributed by atoms with Crippen LogP contribution in [0.3, 0.4) is 0 Å². The third kappa shape index (κ3) is 4.04. The molecule has 2 rings (SSSR count). The first-order valence-corrected chi connectivity index (χ1v) is 6.86. The highest BCUT2D eigenvalue weighted by atomic mass is 16.4. The average Bonchev–Trinajstić information content (AvgIpc) is 2.79. The summed E-state index contributed by atoms with van der Waals surface area (Å²) in [7, 11) is 0. The zero-order valence-electron chi connectivity index (χ0n) is 11.5. The number of carboxylic acid groups (broad SMARTS) is 1. The number of nitrogens with zero attached hydrogens (tertiary/aromatic N) is 4. The number of carbonyl (C=O) groups is 1. The topological polar surface area (TPSA) is 61.6 Å². The molecule has 2 heterocycles. The standard InChI is InChI=1S/C13H22N4O2/c1-2-5-17-12(3-4-14-17)10-15-6-8-16(9-7-15)11-13(18)19/h3-4H,2,5-11H2,1H3,(H,18,19). The van der Waals surface area contributed by atoms with Crippen LogP contribution in [0, 0.1) is 0 Å². The van der Waals surface area contributed by atoms with Gasteiger partial charge < -0.3 is 5.11 Å². The minimum atomic E-state index is -0.741. The Morgan fingerprint density at radius 1 is 1.32 bits per heavy atom. The molecule has 0 atom stereocenters. The van der Waals surface area contributed by atoms with E-state index in [4.69, 9.17) is 5.11 Å². The van der Waals surface area contributed by atoms with Gasteiger partial charge in [0.15, 0.2) is 0 Å². The maximum atomic E-state index is 10.7. The Morgan fingerprint density at radius 2 is 2.00 bits per heavy atom. The summed E-state index contributed by atoms with van der Waals surface area (Å²) in [6, 6.07) is 2.07. The number of aryl methyl sites for hydroxylation is 1. The van der Waals surface area contributed by atoms with Crippen LogP contribution in [0.5, 0.6) is 0 Å². The van der Waals surface area contributed by atoms with Gasteiger partial charge in [-0.1, -0.05) is 6.92 Å². The predicted molar refractivity (Wildman–Crippen MR) is 71.9 cm³/mol. The highest BCUT2D eigenvalue weighted by molar-refractivity contribution is 5.69. The van der Waals surface area contributed by atoms with E-state index in [0.717, 1.165) is 45.7 Å². The van der Waals surface area contributed by atoms with Crippen molar-refractivity contribution < 1.29 is 9.90 Å². The normalized spacial score (nSPS) is 17.7. The van der Waals surface area contributed by atoms with E-state index in [9.17, 15) is 4.79 Å². The largest absolute Gasteiger partial charge is 0.480 e. The van der Waals surface area contributed by atoms with E-state index >= 15 is 0 Å². The highest BCUT2D eigenvalue weighted by Gasteiger charge is 2.19. The van der Waals surface area contributed by atoms with E-state index in [-0.39, 0.29) is 6.54 Å². The molecular weight excluding hydrogens is 244 g/mol. The second kappa shape index (κ2) is 6.68. The smallest absolute Gasteiger partial charge is 0.317 e. The minimum absolute atomic E-state index is 0.154. The summed E-state index contributed by atoms with van der Waals surface area (Å²) >= 11 is 0. The number of aliphatic carboxylic acids is 1. The molecule has 1 aromatic heterocycles. The van der Waals surface area contributed by atoms with Crippen LogP contribution in [0.15, 0.2) is 12.3 Å². The number of carboxylic acids is 1. The summed E-state index contributed by atoms with van der Waals surface area (Å²) in [5.74, 6) is -0.741. The Bertz CT molecular complexity index is 411. The molecular formula is C13H22N4O2. The molecule has 1 aromatic rings. The van der Waals surface area contributed by atoms with Crippen molar-refractivity contribution in [3.8, 4) is 0 Å². The van der Waals surface area contributed by atoms with Crippen molar-refractivity contribution in [3.05, 3.63) is 18.0 Å². The summed E-state index contributed by atoms with van der Waals surface area (Å²) < 4.78 is 2.06. The molecule has 1 saturated heterocycles. The maximum absolute atomic E-state index is 10.7. The molecule has 6 heteroatoms. The third-order valence-electron chi connectivity index (χ3n) is 3.45. The monoisotopic (exact) mass is 266 g/mol. The second-order valence-corrected chi connectivity index (χ2v) is 4.99. The fourth-order valence-corrected chi connectivity index (χ4v) is 2.43. The van der Waals surface area contributed by atoms with Crippen LogP contribution in [-0.4, -0.2) is 63.4 Å². The van der Waals surface area contributed by atoms with Crippen LogP contribution < -0.4 is 0 Å². The van der Waals surface area contributed by atoms with Crippen molar-refractivity contribution in [1.29, 1.82) is 0 Å². The Hall–Kier alpha value is -1.40. The molecule has 1 fully saturated rings. The average molecular weight is 266 g/mol. The van der Waals surface area contributed by atoms with Gasteiger partial charge in [-0.15, -0.1) is 0 Å². The van der Waals surface area contributed by atoms with Gasteiger partial charge >= 0.3 is 5.97 Å². The van der Waals surface area contributed by atoms with Crippen molar-refractivity contribution in [2.24, 2.45) is 0 Å². The van der Waals surface area contributed by atoms with Crippen molar-refractivity contribution in [2.75, 3.05) is 32.7 Å². The highest BCUT2D eigenvalue weighted by Crippen LogP contribution is 2.08. The van der Waals surface area contributed by atoms with E-state index in [0.29, 0.717) is 0 Å². The van der Waals surface area contributed by atoms with Crippen molar-refractivity contribution in [2.45, 2.75) is 26.4 Å². The van der Waals surface area contributed by atoms with Crippen LogP contribution in [0.4, 0.5) is 0 Å². The third-order valence-corrected chi connectivity index (χ3v) is 3.45.